The van der Waals surface area contributed by atoms with E-state index in [1.165, 1.54) is 10.8 Å². The lowest BCUT2D eigenvalue weighted by Crippen LogP contribution is -2.12. The van der Waals surface area contributed by atoms with E-state index >= 15 is 0 Å². The van der Waals surface area contributed by atoms with E-state index in [1.54, 1.807) is 6.92 Å². The molecule has 0 aliphatic carbocycles. The van der Waals surface area contributed by atoms with E-state index < -0.39 is 15.7 Å². The van der Waals surface area contributed by atoms with Crippen LogP contribution in [0.4, 0.5) is 5.82 Å². The smallest absolute Gasteiger partial charge is 0.342 e. The van der Waals surface area contributed by atoms with Crippen LogP contribution in [0.2, 0.25) is 0 Å². The van der Waals surface area contributed by atoms with E-state index in [0.717, 1.165) is 0 Å². The Hall–Kier alpha value is -0.950. The van der Waals surface area contributed by atoms with Crippen LogP contribution in [0.15, 0.2) is 6.20 Å². The van der Waals surface area contributed by atoms with Gasteiger partial charge in [0.1, 0.15) is 12.7 Å². The molecule has 0 aromatic carbocycles. The molecular formula is C8H14ClN3O3S. The van der Waals surface area contributed by atoms with Crippen molar-refractivity contribution < 1.29 is 9.13 Å². The molecule has 8 heteroatoms. The molecule has 0 fully saturated rings. The first-order chi connectivity index (χ1) is 7.06. The molecule has 0 saturated carbocycles. The monoisotopic (exact) mass is 267 g/mol. The summed E-state index contributed by atoms with van der Waals surface area (Å²) in [6, 6.07) is 0. The van der Waals surface area contributed by atoms with Crippen molar-refractivity contribution in [1.29, 1.82) is 0 Å². The van der Waals surface area contributed by atoms with Gasteiger partial charge < -0.3 is 10.1 Å². The molecule has 0 amide bonds. The van der Waals surface area contributed by atoms with Crippen molar-refractivity contribution in [2.45, 2.75) is 20.4 Å². The Morgan fingerprint density at radius 3 is 2.75 bits per heavy atom. The minimum atomic E-state index is -0.913. The largest absolute Gasteiger partial charge is 0.358 e. The van der Waals surface area contributed by atoms with Crippen LogP contribution in [0.25, 0.3) is 0 Å². The zero-order chi connectivity index (χ0) is 11.4. The van der Waals surface area contributed by atoms with Crippen LogP contribution in [0, 0.1) is 17.0 Å². The van der Waals surface area contributed by atoms with Crippen LogP contribution in [-0.2, 0) is 17.3 Å². The van der Waals surface area contributed by atoms with E-state index in [1.807, 2.05) is 6.92 Å². The Kier molecular flexibility index (Phi) is 6.20. The van der Waals surface area contributed by atoms with Crippen LogP contribution in [0.5, 0.6) is 0 Å². The molecule has 6 nitrogen and oxygen atoms in total. The molecule has 16 heavy (non-hydrogen) atoms. The number of nitro groups is 1. The molecule has 0 bridgehead atoms. The second-order valence-electron chi connectivity index (χ2n) is 3.00. The number of rotatable bonds is 5. The van der Waals surface area contributed by atoms with Crippen molar-refractivity contribution in [3.05, 3.63) is 22.1 Å². The van der Waals surface area contributed by atoms with Gasteiger partial charge in [-0.1, -0.05) is 6.92 Å². The number of imidazole rings is 1. The molecular weight excluding hydrogens is 254 g/mol. The summed E-state index contributed by atoms with van der Waals surface area (Å²) in [6.45, 7) is 3.90. The maximum atomic E-state index is 11.2. The van der Waals surface area contributed by atoms with Crippen LogP contribution in [0.1, 0.15) is 12.7 Å². The molecule has 1 aromatic heterocycles. The molecule has 92 valence electrons. The summed E-state index contributed by atoms with van der Waals surface area (Å²) in [6.07, 6.45) is 1.23. The maximum absolute atomic E-state index is 11.2. The number of nitrogens with zero attached hydrogens (tertiary/aromatic N) is 3. The Morgan fingerprint density at radius 2 is 2.25 bits per heavy atom. The molecule has 1 unspecified atom stereocenters. The van der Waals surface area contributed by atoms with Gasteiger partial charge in [-0.05, 0) is 4.92 Å². The molecule has 0 aliphatic rings. The Labute approximate surface area is 102 Å². The second kappa shape index (κ2) is 6.59. The van der Waals surface area contributed by atoms with Gasteiger partial charge in [-0.15, -0.1) is 12.4 Å². The van der Waals surface area contributed by atoms with E-state index in [-0.39, 0.29) is 18.2 Å². The standard InChI is InChI=1S/C8H13N3O3S.ClH/c1-3-15(14)5-4-10-7(2)9-6-8(10)11(12)13;/h6H,3-5H2,1-2H3;1H. The van der Waals surface area contributed by atoms with Crippen molar-refractivity contribution in [2.24, 2.45) is 0 Å². The maximum Gasteiger partial charge on any atom is 0.342 e. The summed E-state index contributed by atoms with van der Waals surface area (Å²) in [7, 11) is -0.913. The van der Waals surface area contributed by atoms with Gasteiger partial charge in [0.25, 0.3) is 0 Å². The van der Waals surface area contributed by atoms with Gasteiger partial charge in [0.2, 0.25) is 0 Å². The fourth-order valence-electron chi connectivity index (χ4n) is 1.22. The molecule has 0 radical (unpaired) electrons. The summed E-state index contributed by atoms with van der Waals surface area (Å²) in [5.41, 5.74) is 0. The van der Waals surface area contributed by atoms with E-state index in [2.05, 4.69) is 4.98 Å². The van der Waals surface area contributed by atoms with E-state index in [0.29, 0.717) is 23.9 Å². The van der Waals surface area contributed by atoms with Crippen molar-refractivity contribution in [3.63, 3.8) is 0 Å². The second-order valence-corrected chi connectivity index (χ2v) is 4.87. The number of halogens is 1. The molecule has 1 rings (SSSR count). The minimum absolute atomic E-state index is 0. The summed E-state index contributed by atoms with van der Waals surface area (Å²) >= 11 is 0. The molecule has 0 spiro atoms. The topological polar surface area (TPSA) is 78.0 Å². The highest BCUT2D eigenvalue weighted by molar-refractivity contribution is 7.84. The van der Waals surface area contributed by atoms with Gasteiger partial charge in [0.05, 0.1) is 5.75 Å². The number of hydrogen-bond donors (Lipinski definition) is 0. The van der Waals surface area contributed by atoms with Crippen molar-refractivity contribution in [1.82, 2.24) is 9.55 Å². The first-order valence-electron chi connectivity index (χ1n) is 4.57. The fraction of sp³-hybridized carbons (Fsp3) is 0.625. The average Bonchev–Trinajstić information content (AvgIpc) is 2.56. The lowest BCUT2D eigenvalue weighted by molar-refractivity contribution is -0.392. The average molecular weight is 268 g/mol. The molecule has 0 saturated heterocycles. The third kappa shape index (κ3) is 3.57. The Balaban J connectivity index is 0.00000225. The Morgan fingerprint density at radius 1 is 1.62 bits per heavy atom. The molecule has 1 heterocycles. The van der Waals surface area contributed by atoms with Gasteiger partial charge >= 0.3 is 5.82 Å². The number of aromatic nitrogens is 2. The number of aryl methyl sites for hydroxylation is 1. The highest BCUT2D eigenvalue weighted by Gasteiger charge is 2.17. The normalized spacial score (nSPS) is 11.9. The van der Waals surface area contributed by atoms with Gasteiger partial charge in [0, 0.05) is 23.5 Å². The lowest BCUT2D eigenvalue weighted by atomic mass is 10.6. The zero-order valence-electron chi connectivity index (χ0n) is 9.08. The first-order valence-corrected chi connectivity index (χ1v) is 6.06. The van der Waals surface area contributed by atoms with Gasteiger partial charge in [0.15, 0.2) is 5.82 Å². The number of hydrogen-bond acceptors (Lipinski definition) is 4. The SMILES string of the molecule is CCS(=O)CCn1c([N+](=O)[O-])cnc1C.Cl. The zero-order valence-corrected chi connectivity index (χ0v) is 10.7. The fourth-order valence-corrected chi connectivity index (χ4v) is 1.89. The van der Waals surface area contributed by atoms with Crippen LogP contribution in [0.3, 0.4) is 0 Å². The lowest BCUT2D eigenvalue weighted by Gasteiger charge is -2.01. The summed E-state index contributed by atoms with van der Waals surface area (Å²) < 4.78 is 12.7. The van der Waals surface area contributed by atoms with E-state index in [9.17, 15) is 14.3 Å². The van der Waals surface area contributed by atoms with Gasteiger partial charge in [-0.25, -0.2) is 9.55 Å². The predicted molar refractivity (Wildman–Crippen MR) is 64.4 cm³/mol. The van der Waals surface area contributed by atoms with Crippen molar-refractivity contribution in [2.75, 3.05) is 11.5 Å². The third-order valence-electron chi connectivity index (χ3n) is 2.09. The van der Waals surface area contributed by atoms with Gasteiger partial charge in [-0.3, -0.25) is 4.21 Å². The predicted octanol–water partition coefficient (Wildman–Crippen LogP) is 1.29. The van der Waals surface area contributed by atoms with Gasteiger partial charge in [-0.2, -0.15) is 0 Å². The van der Waals surface area contributed by atoms with E-state index in [4.69, 9.17) is 0 Å². The first kappa shape index (κ1) is 15.0. The summed E-state index contributed by atoms with van der Waals surface area (Å²) in [5.74, 6) is 1.53. The highest BCUT2D eigenvalue weighted by atomic mass is 35.5. The van der Waals surface area contributed by atoms with Crippen molar-refractivity contribution >= 4 is 29.0 Å². The highest BCUT2D eigenvalue weighted by Crippen LogP contribution is 2.13. The third-order valence-corrected chi connectivity index (χ3v) is 3.37. The van der Waals surface area contributed by atoms with Crippen LogP contribution in [-0.4, -0.2) is 30.2 Å². The summed E-state index contributed by atoms with van der Waals surface area (Å²) in [4.78, 5) is 14.0. The Bertz CT molecular complexity index is 394. The van der Waals surface area contributed by atoms with Crippen molar-refractivity contribution in [3.8, 4) is 0 Å². The molecule has 1 atom stereocenters. The van der Waals surface area contributed by atoms with Crippen LogP contribution < -0.4 is 0 Å². The van der Waals surface area contributed by atoms with Crippen LogP contribution >= 0.6 is 12.4 Å². The minimum Gasteiger partial charge on any atom is -0.358 e. The molecule has 1 aromatic rings. The summed E-state index contributed by atoms with van der Waals surface area (Å²) in [5, 5.41) is 10.6. The molecule has 0 aliphatic heterocycles. The quantitative estimate of drug-likeness (QED) is 0.595. The molecule has 0 N–H and O–H groups in total.